The molecule has 0 saturated carbocycles. The van der Waals surface area contributed by atoms with Gasteiger partial charge in [-0.1, -0.05) is 13.8 Å². The zero-order valence-corrected chi connectivity index (χ0v) is 19.3. The second kappa shape index (κ2) is 9.65. The van der Waals surface area contributed by atoms with Gasteiger partial charge in [-0.3, -0.25) is 9.20 Å². The number of piperidine rings is 1. The first-order chi connectivity index (χ1) is 15.4. The fraction of sp³-hybridized carbons (Fsp3) is 0.417. The van der Waals surface area contributed by atoms with E-state index in [9.17, 15) is 9.59 Å². The van der Waals surface area contributed by atoms with Gasteiger partial charge in [-0.15, -0.1) is 11.3 Å². The van der Waals surface area contributed by atoms with E-state index in [1.807, 2.05) is 12.1 Å². The molecule has 3 aromatic heterocycles. The molecule has 168 valence electrons. The number of aromatic nitrogens is 3. The molecule has 1 aliphatic heterocycles. The molecular weight excluding hydrogens is 424 g/mol. The molecule has 0 spiro atoms. The Morgan fingerprint density at radius 1 is 1.22 bits per heavy atom. The van der Waals surface area contributed by atoms with Gasteiger partial charge in [0.05, 0.1) is 16.3 Å². The van der Waals surface area contributed by atoms with E-state index in [1.165, 1.54) is 10.5 Å². The van der Waals surface area contributed by atoms with Gasteiger partial charge in [0, 0.05) is 37.2 Å². The highest BCUT2D eigenvalue weighted by Gasteiger charge is 2.19. The highest BCUT2D eigenvalue weighted by molar-refractivity contribution is 7.09. The Bertz CT molecular complexity index is 1210. The molecule has 1 aliphatic rings. The number of aryl methyl sites for hydroxylation is 2. The van der Waals surface area contributed by atoms with Crippen LogP contribution in [0.15, 0.2) is 34.6 Å². The summed E-state index contributed by atoms with van der Waals surface area (Å²) in [5, 5.41) is 12.3. The average molecular weight is 453 g/mol. The first kappa shape index (κ1) is 22.2. The van der Waals surface area contributed by atoms with Crippen LogP contribution in [0.4, 0.5) is 5.82 Å². The van der Waals surface area contributed by atoms with Crippen LogP contribution in [0.2, 0.25) is 0 Å². The molecule has 0 aliphatic carbocycles. The van der Waals surface area contributed by atoms with Crippen LogP contribution in [0, 0.1) is 0 Å². The smallest absolute Gasteiger partial charge is 0.328 e. The maximum atomic E-state index is 13.2. The van der Waals surface area contributed by atoms with Gasteiger partial charge < -0.3 is 10.0 Å². The number of aliphatic carboxylic acids is 1. The number of pyridine rings is 1. The molecule has 0 unspecified atom stereocenters. The molecule has 1 saturated heterocycles. The summed E-state index contributed by atoms with van der Waals surface area (Å²) in [6.07, 6.45) is 9.00. The summed E-state index contributed by atoms with van der Waals surface area (Å²) >= 11 is 1.69. The highest BCUT2D eigenvalue weighted by atomic mass is 32.1. The molecule has 4 rings (SSSR count). The standard InChI is InChI=1S/C24H28N4O3S/c1-16(2)19-15-32-21(25-19)8-6-17-10-13-28-20(14-17)26-23(27-11-4-3-5-12-27)18(24(28)31)7-9-22(29)30/h7,9-10,13-16H,3-6,8,11-12H2,1-2H3,(H,29,30)/b9-7+. The topological polar surface area (TPSA) is 87.8 Å². The number of carboxylic acids is 1. The van der Waals surface area contributed by atoms with Crippen molar-refractivity contribution in [3.8, 4) is 0 Å². The van der Waals surface area contributed by atoms with E-state index in [2.05, 4.69) is 24.1 Å². The number of fused-ring (bicyclic) bond motifs is 1. The van der Waals surface area contributed by atoms with Gasteiger partial charge >= 0.3 is 5.97 Å². The van der Waals surface area contributed by atoms with Crippen molar-refractivity contribution in [1.29, 1.82) is 0 Å². The van der Waals surface area contributed by atoms with Gasteiger partial charge in [0.2, 0.25) is 0 Å². The maximum Gasteiger partial charge on any atom is 0.328 e. The summed E-state index contributed by atoms with van der Waals surface area (Å²) in [5.41, 5.74) is 2.88. The zero-order chi connectivity index (χ0) is 22.7. The monoisotopic (exact) mass is 452 g/mol. The molecule has 8 heteroatoms. The number of hydrogen-bond acceptors (Lipinski definition) is 6. The summed E-state index contributed by atoms with van der Waals surface area (Å²) in [5.74, 6) is -0.0857. The van der Waals surface area contributed by atoms with Crippen molar-refractivity contribution < 1.29 is 9.90 Å². The Kier molecular flexibility index (Phi) is 6.69. The van der Waals surface area contributed by atoms with Crippen molar-refractivity contribution in [1.82, 2.24) is 14.4 Å². The SMILES string of the molecule is CC(C)c1csc(CCc2ccn3c(=O)c(/C=C/C(=O)O)c(N4CCCCC4)nc3c2)n1. The van der Waals surface area contributed by atoms with Crippen molar-refractivity contribution in [3.63, 3.8) is 0 Å². The molecule has 32 heavy (non-hydrogen) atoms. The van der Waals surface area contributed by atoms with Crippen LogP contribution in [0.5, 0.6) is 0 Å². The average Bonchev–Trinajstić information content (AvgIpc) is 3.27. The summed E-state index contributed by atoms with van der Waals surface area (Å²) in [6, 6.07) is 3.88. The highest BCUT2D eigenvalue weighted by Crippen LogP contribution is 2.23. The van der Waals surface area contributed by atoms with Crippen LogP contribution in [0.3, 0.4) is 0 Å². The summed E-state index contributed by atoms with van der Waals surface area (Å²) in [6.45, 7) is 5.92. The van der Waals surface area contributed by atoms with E-state index in [4.69, 9.17) is 15.1 Å². The van der Waals surface area contributed by atoms with Crippen LogP contribution in [0.1, 0.15) is 60.9 Å². The maximum absolute atomic E-state index is 13.2. The lowest BCUT2D eigenvalue weighted by atomic mass is 10.1. The number of anilines is 1. The molecule has 0 amide bonds. The van der Waals surface area contributed by atoms with Gasteiger partial charge in [0.1, 0.15) is 11.5 Å². The normalized spacial score (nSPS) is 14.7. The zero-order valence-electron chi connectivity index (χ0n) is 18.5. The molecule has 3 aromatic rings. The van der Waals surface area contributed by atoms with E-state index in [0.717, 1.165) is 67.5 Å². The summed E-state index contributed by atoms with van der Waals surface area (Å²) in [4.78, 5) is 35.9. The van der Waals surface area contributed by atoms with E-state index in [-0.39, 0.29) is 5.56 Å². The fourth-order valence-electron chi connectivity index (χ4n) is 3.94. The Morgan fingerprint density at radius 2 is 2.00 bits per heavy atom. The lowest BCUT2D eigenvalue weighted by molar-refractivity contribution is -0.131. The molecule has 0 radical (unpaired) electrons. The van der Waals surface area contributed by atoms with E-state index in [1.54, 1.807) is 17.5 Å². The number of thiazole rings is 1. The fourth-order valence-corrected chi connectivity index (χ4v) is 4.90. The molecule has 0 atom stereocenters. The van der Waals surface area contributed by atoms with Crippen molar-refractivity contribution >= 4 is 34.8 Å². The molecule has 0 bridgehead atoms. The van der Waals surface area contributed by atoms with Crippen molar-refractivity contribution in [2.24, 2.45) is 0 Å². The van der Waals surface area contributed by atoms with Crippen molar-refractivity contribution in [2.75, 3.05) is 18.0 Å². The van der Waals surface area contributed by atoms with Crippen LogP contribution >= 0.6 is 11.3 Å². The van der Waals surface area contributed by atoms with Gasteiger partial charge in [0.25, 0.3) is 5.56 Å². The number of carbonyl (C=O) groups is 1. The first-order valence-electron chi connectivity index (χ1n) is 11.1. The molecule has 1 fully saturated rings. The Balaban J connectivity index is 1.67. The Labute approximate surface area is 191 Å². The third kappa shape index (κ3) is 4.91. The number of hydrogen-bond donors (Lipinski definition) is 1. The van der Waals surface area contributed by atoms with Crippen LogP contribution < -0.4 is 10.5 Å². The van der Waals surface area contributed by atoms with Crippen LogP contribution in [-0.2, 0) is 17.6 Å². The number of nitrogens with zero attached hydrogens (tertiary/aromatic N) is 4. The lowest BCUT2D eigenvalue weighted by Crippen LogP contribution is -2.33. The summed E-state index contributed by atoms with van der Waals surface area (Å²) < 4.78 is 1.50. The number of rotatable bonds is 7. The van der Waals surface area contributed by atoms with Crippen molar-refractivity contribution in [3.05, 3.63) is 62.0 Å². The minimum absolute atomic E-state index is 0.249. The molecule has 7 nitrogen and oxygen atoms in total. The van der Waals surface area contributed by atoms with Gasteiger partial charge in [-0.2, -0.15) is 0 Å². The van der Waals surface area contributed by atoms with Crippen molar-refractivity contribution in [2.45, 2.75) is 51.9 Å². The largest absolute Gasteiger partial charge is 0.478 e. The van der Waals surface area contributed by atoms with E-state index >= 15 is 0 Å². The molecular formula is C24H28N4O3S. The second-order valence-corrected chi connectivity index (χ2v) is 9.40. The molecule has 1 N–H and O–H groups in total. The Morgan fingerprint density at radius 3 is 2.69 bits per heavy atom. The quantitative estimate of drug-likeness (QED) is 0.542. The predicted molar refractivity (Wildman–Crippen MR) is 128 cm³/mol. The van der Waals surface area contributed by atoms with Gasteiger partial charge in [0.15, 0.2) is 0 Å². The van der Waals surface area contributed by atoms with Crippen LogP contribution in [0.25, 0.3) is 11.7 Å². The number of carboxylic acid groups (broad SMARTS) is 1. The Hall–Kier alpha value is -3.00. The van der Waals surface area contributed by atoms with E-state index in [0.29, 0.717) is 22.9 Å². The molecule has 4 heterocycles. The minimum Gasteiger partial charge on any atom is -0.478 e. The third-order valence-corrected chi connectivity index (χ3v) is 6.67. The lowest BCUT2D eigenvalue weighted by Gasteiger charge is -2.29. The second-order valence-electron chi connectivity index (χ2n) is 8.46. The predicted octanol–water partition coefficient (Wildman–Crippen LogP) is 4.15. The summed E-state index contributed by atoms with van der Waals surface area (Å²) in [7, 11) is 0. The van der Waals surface area contributed by atoms with Crippen LogP contribution in [-0.4, -0.2) is 38.5 Å². The minimum atomic E-state index is -1.09. The third-order valence-electron chi connectivity index (χ3n) is 5.75. The van der Waals surface area contributed by atoms with Gasteiger partial charge in [-0.05, 0) is 55.4 Å². The van der Waals surface area contributed by atoms with Gasteiger partial charge in [-0.25, -0.2) is 14.8 Å². The first-order valence-corrected chi connectivity index (χ1v) is 12.0. The molecule has 0 aromatic carbocycles. The van der Waals surface area contributed by atoms with E-state index < -0.39 is 5.97 Å².